The first-order valence-electron chi connectivity index (χ1n) is 27.4. The maximum atomic E-state index is 15.1. The number of amides is 6. The quantitative estimate of drug-likeness (QED) is 0.124. The van der Waals surface area contributed by atoms with Crippen molar-refractivity contribution in [1.29, 1.82) is 0 Å². The highest BCUT2D eigenvalue weighted by molar-refractivity contribution is 5.94. The van der Waals surface area contributed by atoms with Crippen molar-refractivity contribution in [2.75, 3.05) is 13.1 Å². The summed E-state index contributed by atoms with van der Waals surface area (Å²) < 4.78 is 24.1. The topological polar surface area (TPSA) is 278 Å². The molecular formula is C58H72N10O12. The molecule has 2 aromatic carbocycles. The fourth-order valence-electron chi connectivity index (χ4n) is 9.81. The average molecular weight is 1100 g/mol. The number of carbonyl (C=O) groups excluding carboxylic acids is 8. The van der Waals surface area contributed by atoms with Crippen LogP contribution in [-0.2, 0) is 54.3 Å². The Hall–Kier alpha value is -7.98. The van der Waals surface area contributed by atoms with Crippen LogP contribution in [0.2, 0.25) is 0 Å². The van der Waals surface area contributed by atoms with Crippen molar-refractivity contribution in [2.24, 2.45) is 11.8 Å². The van der Waals surface area contributed by atoms with Gasteiger partial charge < -0.3 is 40.2 Å². The van der Waals surface area contributed by atoms with Crippen molar-refractivity contribution in [2.45, 2.75) is 155 Å². The molecule has 6 aliphatic heterocycles. The summed E-state index contributed by atoms with van der Waals surface area (Å²) in [5.41, 5.74) is 9.63. The molecule has 0 spiro atoms. The van der Waals surface area contributed by atoms with Gasteiger partial charge in [-0.3, -0.25) is 48.4 Å². The number of hydrazine groups is 2. The molecule has 12 bridgehead atoms. The molecule has 0 radical (unpaired) electrons. The van der Waals surface area contributed by atoms with Gasteiger partial charge in [0.1, 0.15) is 60.0 Å². The fourth-order valence-corrected chi connectivity index (χ4v) is 9.81. The van der Waals surface area contributed by atoms with Crippen molar-refractivity contribution in [3.63, 3.8) is 0 Å². The minimum absolute atomic E-state index is 0.157. The van der Waals surface area contributed by atoms with Gasteiger partial charge in [-0.15, -0.1) is 0 Å². The molecule has 0 unspecified atom stereocenters. The molecule has 6 amide bonds. The Kier molecular flexibility index (Phi) is 18.5. The van der Waals surface area contributed by atoms with Crippen LogP contribution in [0.4, 0.5) is 0 Å². The van der Waals surface area contributed by atoms with Crippen LogP contribution in [0.1, 0.15) is 117 Å². The van der Waals surface area contributed by atoms with Crippen molar-refractivity contribution >= 4 is 47.4 Å². The van der Waals surface area contributed by atoms with Crippen LogP contribution >= 0.6 is 0 Å². The number of rotatable bonds is 4. The number of nitrogens with one attached hydrogen (secondary N) is 6. The van der Waals surface area contributed by atoms with E-state index in [0.29, 0.717) is 65.4 Å². The summed E-state index contributed by atoms with van der Waals surface area (Å²) in [6.45, 7) is 15.5. The Labute approximate surface area is 465 Å². The molecule has 426 valence electrons. The molecule has 6 N–H and O–H groups in total. The smallest absolute Gasteiger partial charge is 0.325 e. The van der Waals surface area contributed by atoms with E-state index in [1.165, 1.54) is 16.9 Å². The number of aromatic nitrogens is 2. The number of carbonyl (C=O) groups is 8. The Morgan fingerprint density at radius 1 is 0.512 bits per heavy atom. The zero-order valence-electron chi connectivity index (χ0n) is 46.6. The predicted molar refractivity (Wildman–Crippen MR) is 291 cm³/mol. The third-order valence-corrected chi connectivity index (χ3v) is 14.5. The number of ether oxygens (including phenoxy) is 4. The summed E-state index contributed by atoms with van der Waals surface area (Å²) in [5.74, 6) is -4.85. The molecule has 4 aromatic rings. The second kappa shape index (κ2) is 25.4. The number of esters is 2. The van der Waals surface area contributed by atoms with Crippen LogP contribution < -0.4 is 41.6 Å². The van der Waals surface area contributed by atoms with E-state index in [-0.39, 0.29) is 31.1 Å². The summed E-state index contributed by atoms with van der Waals surface area (Å²) >= 11 is 0. The standard InChI is InChI=1S/C58H72N10O12/c1-30(2)49-53(71)59-32(5)55(73)67-25-11-15-44(65-67)58(76)80-34(7)46-27-37(28-47(61-46)39-19-23-41(24-20-39)78-35(8)51(69)63-49)29-48-56(74)68-26-12-16-45(66-68)57(75)79-33(6)42-13-10-14-43(60-42)38-17-21-40(22-18-38)77-36(9)52(70)64-50(31(3)4)54(72)62-48/h10,13-14,17-24,27-28,30-36,44-45,48-50,65-66H,11-12,15-16,25-26,29H2,1-9H3,(H,59,71)(H,62,72)(H,63,69)(H,64,70)/t32-,33+,34+,35+,36-,44-,45-,48-,49-,50-/m0/s1. The number of hydrogen-bond donors (Lipinski definition) is 6. The molecule has 0 aliphatic carbocycles. The third kappa shape index (κ3) is 14.1. The molecule has 2 fully saturated rings. The van der Waals surface area contributed by atoms with E-state index >= 15 is 4.79 Å². The molecule has 10 atom stereocenters. The minimum Gasteiger partial charge on any atom is -0.481 e. The molecule has 22 heteroatoms. The Balaban J connectivity index is 1.14. The van der Waals surface area contributed by atoms with Crippen LogP contribution in [0.3, 0.4) is 0 Å². The van der Waals surface area contributed by atoms with Gasteiger partial charge in [-0.25, -0.2) is 20.8 Å². The Bertz CT molecular complexity index is 2960. The second-order valence-corrected chi connectivity index (χ2v) is 21.5. The van der Waals surface area contributed by atoms with Gasteiger partial charge in [-0.1, -0.05) is 33.8 Å². The molecule has 2 aromatic heterocycles. The first kappa shape index (κ1) is 58.2. The van der Waals surface area contributed by atoms with Crippen LogP contribution in [0.25, 0.3) is 22.5 Å². The van der Waals surface area contributed by atoms with E-state index in [1.54, 1.807) is 122 Å². The molecular weight excluding hydrogens is 1030 g/mol. The van der Waals surface area contributed by atoms with Crippen molar-refractivity contribution in [3.8, 4) is 34.0 Å². The van der Waals surface area contributed by atoms with E-state index in [9.17, 15) is 33.6 Å². The zero-order chi connectivity index (χ0) is 57.5. The molecule has 80 heavy (non-hydrogen) atoms. The molecule has 2 saturated heterocycles. The first-order chi connectivity index (χ1) is 38.1. The van der Waals surface area contributed by atoms with E-state index in [1.807, 2.05) is 12.1 Å². The highest BCUT2D eigenvalue weighted by Gasteiger charge is 2.38. The van der Waals surface area contributed by atoms with E-state index < -0.39 is 114 Å². The summed E-state index contributed by atoms with van der Waals surface area (Å²) in [7, 11) is 0. The number of hydrogen-bond acceptors (Lipinski definition) is 16. The van der Waals surface area contributed by atoms with Crippen LogP contribution in [0, 0.1) is 11.8 Å². The zero-order valence-corrected chi connectivity index (χ0v) is 46.6. The van der Waals surface area contributed by atoms with Crippen molar-refractivity contribution in [3.05, 3.63) is 95.8 Å². The molecule has 6 aliphatic rings. The van der Waals surface area contributed by atoms with Gasteiger partial charge in [0.25, 0.3) is 23.6 Å². The SMILES string of the molecule is CC(C)[C@@H]1NC(=O)[C@H](C)Oc2ccc(cc2)-c2cccc(n2)[C@@H](C)OC(=O)[C@@H]2CCCN(N2)C(=O)[C@H](Cc2cc3nc(c2)[C@@H](C)OC(=O)[C@@H]2CCCN(N2)C(=O)[C@H](C)NC(=O)[C@H](C(C)C)NC(=O)[C@@H](C)Oc2ccc-3cc2)NC1=O. The Morgan fingerprint density at radius 2 is 0.988 bits per heavy atom. The maximum absolute atomic E-state index is 15.1. The molecule has 8 heterocycles. The second-order valence-electron chi connectivity index (χ2n) is 21.5. The van der Waals surface area contributed by atoms with Crippen LogP contribution in [-0.4, -0.2) is 129 Å². The van der Waals surface area contributed by atoms with Gasteiger partial charge in [0, 0.05) is 30.6 Å². The monoisotopic (exact) mass is 1100 g/mol. The normalized spacial score (nSPS) is 26.9. The lowest BCUT2D eigenvalue weighted by Crippen LogP contribution is -2.62. The fraction of sp³-hybridized carbons (Fsp3) is 0.483. The van der Waals surface area contributed by atoms with E-state index in [0.717, 1.165) is 5.56 Å². The maximum Gasteiger partial charge on any atom is 0.325 e. The Morgan fingerprint density at radius 3 is 1.51 bits per heavy atom. The minimum atomic E-state index is -1.33. The number of benzene rings is 2. The van der Waals surface area contributed by atoms with Crippen LogP contribution in [0.5, 0.6) is 11.5 Å². The number of nitrogens with zero attached hydrogens (tertiary/aromatic N) is 4. The highest BCUT2D eigenvalue weighted by atomic mass is 16.6. The average Bonchev–Trinajstić information content (AvgIpc) is 3.46. The summed E-state index contributed by atoms with van der Waals surface area (Å²) in [5, 5.41) is 13.8. The third-order valence-electron chi connectivity index (χ3n) is 14.5. The van der Waals surface area contributed by atoms with Gasteiger partial charge in [0.2, 0.25) is 11.8 Å². The first-order valence-corrected chi connectivity index (χ1v) is 27.4. The number of pyridine rings is 2. The van der Waals surface area contributed by atoms with Crippen molar-refractivity contribution in [1.82, 2.24) is 52.1 Å². The lowest BCUT2D eigenvalue weighted by Gasteiger charge is -2.36. The largest absolute Gasteiger partial charge is 0.481 e. The van der Waals surface area contributed by atoms with Gasteiger partial charge in [-0.2, -0.15) is 0 Å². The van der Waals surface area contributed by atoms with Crippen LogP contribution in [0.15, 0.2) is 78.9 Å². The van der Waals surface area contributed by atoms with E-state index in [4.69, 9.17) is 28.9 Å². The van der Waals surface area contributed by atoms with Crippen molar-refractivity contribution < 1.29 is 57.3 Å². The van der Waals surface area contributed by atoms with E-state index in [2.05, 4.69) is 32.1 Å². The highest BCUT2D eigenvalue weighted by Crippen LogP contribution is 2.29. The summed E-state index contributed by atoms with van der Waals surface area (Å²) in [4.78, 5) is 122. The van der Waals surface area contributed by atoms with Gasteiger partial charge >= 0.3 is 11.9 Å². The lowest BCUT2D eigenvalue weighted by atomic mass is 9.98. The lowest BCUT2D eigenvalue weighted by molar-refractivity contribution is -0.158. The summed E-state index contributed by atoms with van der Waals surface area (Å²) in [6, 6.07) is 16.1. The summed E-state index contributed by atoms with van der Waals surface area (Å²) in [6.07, 6.45) is -2.49. The predicted octanol–water partition coefficient (Wildman–Crippen LogP) is 4.09. The van der Waals surface area contributed by atoms with Gasteiger partial charge in [0.15, 0.2) is 12.2 Å². The molecule has 22 nitrogen and oxygen atoms in total. The van der Waals surface area contributed by atoms with Gasteiger partial charge in [-0.05, 0) is 150 Å². The number of fused-ring (bicyclic) bond motifs is 24. The molecule has 10 rings (SSSR count). The molecule has 0 saturated carbocycles. The van der Waals surface area contributed by atoms with Gasteiger partial charge in [0.05, 0.1) is 22.8 Å².